The molecule has 0 unspecified atom stereocenters. The van der Waals surface area contributed by atoms with Crippen molar-refractivity contribution in [3.8, 4) is 17.2 Å². The summed E-state index contributed by atoms with van der Waals surface area (Å²) >= 11 is 0. The number of rotatable bonds is 2. The van der Waals surface area contributed by atoms with Gasteiger partial charge in [0.2, 0.25) is 0 Å². The maximum atomic E-state index is 5.97. The third kappa shape index (κ3) is 2.31. The van der Waals surface area contributed by atoms with Gasteiger partial charge in [-0.1, -0.05) is 0 Å². The number of nitrogens with two attached hydrogens (primary N) is 1. The summed E-state index contributed by atoms with van der Waals surface area (Å²) in [6.45, 7) is 2.62. The van der Waals surface area contributed by atoms with Gasteiger partial charge in [-0.05, 0) is 0 Å². The molecule has 98 valence electrons. The average molecular weight is 251 g/mol. The molecule has 0 atom stereocenters. The summed E-state index contributed by atoms with van der Waals surface area (Å²) in [7, 11) is 0. The monoisotopic (exact) mass is 251 g/mol. The number of benzene rings is 1. The van der Waals surface area contributed by atoms with Gasteiger partial charge < -0.3 is 24.7 Å². The quantitative estimate of drug-likeness (QED) is 0.809. The second kappa shape index (κ2) is 4.94. The molecular formula is C13H17NO4. The van der Waals surface area contributed by atoms with Crippen LogP contribution in [0.3, 0.4) is 0 Å². The van der Waals surface area contributed by atoms with Crippen LogP contribution in [0.25, 0.3) is 0 Å². The number of anilines is 1. The molecule has 0 bridgehead atoms. The van der Waals surface area contributed by atoms with Gasteiger partial charge in [0, 0.05) is 25.0 Å². The molecule has 0 saturated carbocycles. The molecule has 0 aliphatic carbocycles. The summed E-state index contributed by atoms with van der Waals surface area (Å²) < 4.78 is 22.2. The molecule has 0 spiro atoms. The second-order valence-corrected chi connectivity index (χ2v) is 4.46. The molecule has 5 heteroatoms. The third-order valence-corrected chi connectivity index (χ3v) is 3.14. The Hall–Kier alpha value is -1.62. The van der Waals surface area contributed by atoms with Crippen molar-refractivity contribution < 1.29 is 18.9 Å². The normalized spacial score (nSPS) is 19.6. The van der Waals surface area contributed by atoms with Crippen LogP contribution in [0.15, 0.2) is 12.1 Å². The van der Waals surface area contributed by atoms with Crippen molar-refractivity contribution >= 4 is 5.69 Å². The number of ether oxygens (including phenoxy) is 4. The molecule has 5 nitrogen and oxygen atoms in total. The van der Waals surface area contributed by atoms with Crippen LogP contribution in [0, 0.1) is 0 Å². The van der Waals surface area contributed by atoms with Gasteiger partial charge in [0.25, 0.3) is 0 Å². The Morgan fingerprint density at radius 3 is 2.39 bits per heavy atom. The standard InChI is InChI=1S/C13H17NO4/c14-10-7-12-13(17-6-5-16-12)8-11(10)18-9-1-3-15-4-2-9/h7-9H,1-6,14H2. The lowest BCUT2D eigenvalue weighted by atomic mass is 10.1. The van der Waals surface area contributed by atoms with Gasteiger partial charge in [0.15, 0.2) is 11.5 Å². The Morgan fingerprint density at radius 1 is 1.00 bits per heavy atom. The van der Waals surface area contributed by atoms with Crippen LogP contribution in [-0.2, 0) is 4.74 Å². The molecule has 18 heavy (non-hydrogen) atoms. The van der Waals surface area contributed by atoms with E-state index in [4.69, 9.17) is 24.7 Å². The summed E-state index contributed by atoms with van der Waals surface area (Å²) in [5, 5.41) is 0. The lowest BCUT2D eigenvalue weighted by Crippen LogP contribution is -2.26. The first-order valence-corrected chi connectivity index (χ1v) is 6.26. The van der Waals surface area contributed by atoms with Crippen LogP contribution in [-0.4, -0.2) is 32.5 Å². The van der Waals surface area contributed by atoms with Crippen molar-refractivity contribution in [2.24, 2.45) is 0 Å². The maximum absolute atomic E-state index is 5.97. The SMILES string of the molecule is Nc1cc2c(cc1OC1CCOCC1)OCCO2. The molecule has 0 aromatic heterocycles. The molecule has 2 heterocycles. The summed E-state index contributed by atoms with van der Waals surface area (Å²) in [6, 6.07) is 3.59. The highest BCUT2D eigenvalue weighted by Crippen LogP contribution is 2.39. The Kier molecular flexibility index (Phi) is 3.15. The van der Waals surface area contributed by atoms with Gasteiger partial charge in [-0.2, -0.15) is 0 Å². The molecule has 3 rings (SSSR count). The zero-order valence-corrected chi connectivity index (χ0v) is 10.2. The topological polar surface area (TPSA) is 62.9 Å². The fraction of sp³-hybridized carbons (Fsp3) is 0.538. The minimum atomic E-state index is 0.170. The van der Waals surface area contributed by atoms with E-state index in [9.17, 15) is 0 Å². The van der Waals surface area contributed by atoms with Crippen LogP contribution in [0.1, 0.15) is 12.8 Å². The van der Waals surface area contributed by atoms with Gasteiger partial charge in [-0.3, -0.25) is 0 Å². The fourth-order valence-electron chi connectivity index (χ4n) is 2.16. The smallest absolute Gasteiger partial charge is 0.165 e. The summed E-state index contributed by atoms with van der Waals surface area (Å²) in [4.78, 5) is 0. The van der Waals surface area contributed by atoms with Crippen molar-refractivity contribution in [3.63, 3.8) is 0 Å². The molecule has 0 radical (unpaired) electrons. The summed E-state index contributed by atoms with van der Waals surface area (Å²) in [5.41, 5.74) is 6.56. The molecule has 2 aliphatic heterocycles. The number of hydrogen-bond acceptors (Lipinski definition) is 5. The Bertz CT molecular complexity index is 429. The van der Waals surface area contributed by atoms with Gasteiger partial charge in [-0.15, -0.1) is 0 Å². The van der Waals surface area contributed by atoms with Crippen LogP contribution in [0.5, 0.6) is 17.2 Å². The molecule has 1 saturated heterocycles. The Balaban J connectivity index is 1.78. The first-order valence-electron chi connectivity index (χ1n) is 6.26. The predicted octanol–water partition coefficient (Wildman–Crippen LogP) is 1.60. The van der Waals surface area contributed by atoms with Crippen molar-refractivity contribution in [3.05, 3.63) is 12.1 Å². The van der Waals surface area contributed by atoms with Crippen LogP contribution < -0.4 is 19.9 Å². The summed E-state index contributed by atoms with van der Waals surface area (Å²) in [5.74, 6) is 2.07. The summed E-state index contributed by atoms with van der Waals surface area (Å²) in [6.07, 6.45) is 1.96. The van der Waals surface area contributed by atoms with E-state index in [0.29, 0.717) is 36.1 Å². The van der Waals surface area contributed by atoms with Crippen LogP contribution in [0.2, 0.25) is 0 Å². The van der Waals surface area contributed by atoms with Crippen LogP contribution >= 0.6 is 0 Å². The Morgan fingerprint density at radius 2 is 1.67 bits per heavy atom. The van der Waals surface area contributed by atoms with E-state index in [1.165, 1.54) is 0 Å². The first kappa shape index (κ1) is 11.5. The van der Waals surface area contributed by atoms with Gasteiger partial charge in [0.05, 0.1) is 18.9 Å². The van der Waals surface area contributed by atoms with E-state index in [-0.39, 0.29) is 6.10 Å². The second-order valence-electron chi connectivity index (χ2n) is 4.46. The minimum Gasteiger partial charge on any atom is -0.488 e. The van der Waals surface area contributed by atoms with Crippen molar-refractivity contribution in [1.82, 2.24) is 0 Å². The van der Waals surface area contributed by atoms with E-state index in [1.54, 1.807) is 6.07 Å². The van der Waals surface area contributed by atoms with Crippen molar-refractivity contribution in [2.45, 2.75) is 18.9 Å². The highest BCUT2D eigenvalue weighted by Gasteiger charge is 2.20. The maximum Gasteiger partial charge on any atom is 0.165 e. The van der Waals surface area contributed by atoms with Crippen LogP contribution in [0.4, 0.5) is 5.69 Å². The molecule has 2 N–H and O–H groups in total. The minimum absolute atomic E-state index is 0.170. The molecule has 1 aromatic carbocycles. The van der Waals surface area contributed by atoms with Crippen molar-refractivity contribution in [2.75, 3.05) is 32.2 Å². The lowest BCUT2D eigenvalue weighted by Gasteiger charge is -2.25. The molecular weight excluding hydrogens is 234 g/mol. The highest BCUT2D eigenvalue weighted by atomic mass is 16.6. The molecule has 1 aromatic rings. The van der Waals surface area contributed by atoms with E-state index in [1.807, 2.05) is 6.07 Å². The van der Waals surface area contributed by atoms with Gasteiger partial charge in [0.1, 0.15) is 25.1 Å². The Labute approximate surface area is 106 Å². The molecule has 0 amide bonds. The van der Waals surface area contributed by atoms with Gasteiger partial charge >= 0.3 is 0 Å². The highest BCUT2D eigenvalue weighted by molar-refractivity contribution is 5.62. The van der Waals surface area contributed by atoms with E-state index in [2.05, 4.69) is 0 Å². The van der Waals surface area contributed by atoms with Crippen molar-refractivity contribution in [1.29, 1.82) is 0 Å². The molecule has 1 fully saturated rings. The van der Waals surface area contributed by atoms with E-state index >= 15 is 0 Å². The average Bonchev–Trinajstić information content (AvgIpc) is 2.41. The zero-order chi connectivity index (χ0) is 12.4. The molecule has 2 aliphatic rings. The number of nitrogen functional groups attached to an aromatic ring is 1. The first-order chi connectivity index (χ1) is 8.83. The third-order valence-electron chi connectivity index (χ3n) is 3.14. The van der Waals surface area contributed by atoms with Gasteiger partial charge in [-0.25, -0.2) is 0 Å². The van der Waals surface area contributed by atoms with E-state index < -0.39 is 0 Å². The number of fused-ring (bicyclic) bond motifs is 1. The lowest BCUT2D eigenvalue weighted by molar-refractivity contribution is 0.0256. The zero-order valence-electron chi connectivity index (χ0n) is 10.2. The fourth-order valence-corrected chi connectivity index (χ4v) is 2.16. The predicted molar refractivity (Wildman–Crippen MR) is 66.3 cm³/mol. The largest absolute Gasteiger partial charge is 0.488 e. The van der Waals surface area contributed by atoms with E-state index in [0.717, 1.165) is 26.1 Å². The number of hydrogen-bond donors (Lipinski definition) is 1.